The molecular formula is C26H35FN2O2. The lowest BCUT2D eigenvalue weighted by Gasteiger charge is -2.44. The second-order valence-corrected chi connectivity index (χ2v) is 9.35. The Morgan fingerprint density at radius 1 is 1.03 bits per heavy atom. The van der Waals surface area contributed by atoms with Crippen molar-refractivity contribution in [2.24, 2.45) is 0 Å². The molecule has 0 N–H and O–H groups in total. The Hall–Kier alpha value is -2.40. The zero-order valence-corrected chi connectivity index (χ0v) is 19.4. The summed E-state index contributed by atoms with van der Waals surface area (Å²) in [7, 11) is 0. The molecule has 2 aromatic rings. The predicted molar refractivity (Wildman–Crippen MR) is 123 cm³/mol. The Labute approximate surface area is 186 Å². The normalized spacial score (nSPS) is 20.0. The van der Waals surface area contributed by atoms with E-state index in [1.165, 1.54) is 17.7 Å². The number of halogens is 1. The lowest BCUT2D eigenvalue weighted by molar-refractivity contribution is -0.139. The number of hydrogen-bond donors (Lipinski definition) is 0. The SMILES string of the molecule is CCC(C)(C)c1ccc(OCC(=O)N2CC(C)N(Cc3ccc(F)cc3)CC2C)cc1. The fourth-order valence-electron chi connectivity index (χ4n) is 4.02. The molecule has 5 heteroatoms. The third kappa shape index (κ3) is 5.85. The number of hydrogen-bond acceptors (Lipinski definition) is 3. The molecule has 31 heavy (non-hydrogen) atoms. The average Bonchev–Trinajstić information content (AvgIpc) is 2.76. The summed E-state index contributed by atoms with van der Waals surface area (Å²) in [5.41, 5.74) is 2.49. The van der Waals surface area contributed by atoms with Gasteiger partial charge in [0.15, 0.2) is 6.61 Å². The van der Waals surface area contributed by atoms with E-state index in [-0.39, 0.29) is 35.8 Å². The maximum Gasteiger partial charge on any atom is 0.260 e. The van der Waals surface area contributed by atoms with Crippen molar-refractivity contribution in [2.45, 2.75) is 65.1 Å². The Bertz CT molecular complexity index is 864. The third-order valence-electron chi connectivity index (χ3n) is 6.62. The van der Waals surface area contributed by atoms with Gasteiger partial charge in [0, 0.05) is 31.7 Å². The Kier molecular flexibility index (Phi) is 7.37. The summed E-state index contributed by atoms with van der Waals surface area (Å²) in [6.45, 7) is 13.1. The van der Waals surface area contributed by atoms with Crippen molar-refractivity contribution in [3.05, 3.63) is 65.5 Å². The summed E-state index contributed by atoms with van der Waals surface area (Å²) in [5.74, 6) is 0.516. The zero-order valence-electron chi connectivity index (χ0n) is 19.4. The van der Waals surface area contributed by atoms with Crippen LogP contribution in [0.5, 0.6) is 5.75 Å². The van der Waals surface area contributed by atoms with E-state index in [0.717, 1.165) is 30.8 Å². The van der Waals surface area contributed by atoms with Gasteiger partial charge in [0.05, 0.1) is 0 Å². The molecule has 4 nitrogen and oxygen atoms in total. The van der Waals surface area contributed by atoms with Crippen LogP contribution in [-0.4, -0.2) is 47.5 Å². The maximum atomic E-state index is 13.2. The van der Waals surface area contributed by atoms with E-state index in [4.69, 9.17) is 4.74 Å². The monoisotopic (exact) mass is 426 g/mol. The topological polar surface area (TPSA) is 32.8 Å². The number of ether oxygens (including phenoxy) is 1. The molecule has 0 radical (unpaired) electrons. The van der Waals surface area contributed by atoms with Gasteiger partial charge in [-0.15, -0.1) is 0 Å². The molecular weight excluding hydrogens is 391 g/mol. The zero-order chi connectivity index (χ0) is 22.6. The molecule has 2 aromatic carbocycles. The molecule has 0 aromatic heterocycles. The molecule has 1 saturated heterocycles. The first kappa shape index (κ1) is 23.3. The first-order valence-corrected chi connectivity index (χ1v) is 11.2. The van der Waals surface area contributed by atoms with Crippen molar-refractivity contribution in [3.8, 4) is 5.75 Å². The highest BCUT2D eigenvalue weighted by Gasteiger charge is 2.32. The van der Waals surface area contributed by atoms with E-state index in [2.05, 4.69) is 51.7 Å². The summed E-state index contributed by atoms with van der Waals surface area (Å²) in [6.07, 6.45) is 1.06. The first-order valence-electron chi connectivity index (χ1n) is 11.2. The highest BCUT2D eigenvalue weighted by Crippen LogP contribution is 2.28. The standard InChI is InChI=1S/C26H35FN2O2/c1-6-26(4,5)22-9-13-24(14-10-22)31-18-25(30)29-16-19(2)28(15-20(29)3)17-21-7-11-23(27)12-8-21/h7-14,19-20H,6,15-18H2,1-5H3. The number of piperazine rings is 1. The molecule has 168 valence electrons. The number of carbonyl (C=O) groups excluding carboxylic acids is 1. The van der Waals surface area contributed by atoms with Gasteiger partial charge in [-0.25, -0.2) is 4.39 Å². The van der Waals surface area contributed by atoms with Crippen molar-refractivity contribution < 1.29 is 13.9 Å². The minimum atomic E-state index is -0.218. The molecule has 0 aliphatic carbocycles. The molecule has 0 bridgehead atoms. The van der Waals surface area contributed by atoms with E-state index >= 15 is 0 Å². The van der Waals surface area contributed by atoms with Crippen molar-refractivity contribution in [3.63, 3.8) is 0 Å². The van der Waals surface area contributed by atoms with Gasteiger partial charge in [-0.2, -0.15) is 0 Å². The van der Waals surface area contributed by atoms with Crippen LogP contribution in [0.2, 0.25) is 0 Å². The molecule has 1 heterocycles. The van der Waals surface area contributed by atoms with Crippen molar-refractivity contribution in [2.75, 3.05) is 19.7 Å². The van der Waals surface area contributed by atoms with Crippen LogP contribution in [0.4, 0.5) is 4.39 Å². The average molecular weight is 427 g/mol. The molecule has 3 rings (SSSR count). The Morgan fingerprint density at radius 2 is 1.68 bits per heavy atom. The lowest BCUT2D eigenvalue weighted by atomic mass is 9.82. The van der Waals surface area contributed by atoms with Crippen LogP contribution in [0.15, 0.2) is 48.5 Å². The van der Waals surface area contributed by atoms with E-state index in [9.17, 15) is 9.18 Å². The van der Waals surface area contributed by atoms with E-state index in [1.807, 2.05) is 29.2 Å². The second-order valence-electron chi connectivity index (χ2n) is 9.35. The maximum absolute atomic E-state index is 13.2. The smallest absolute Gasteiger partial charge is 0.260 e. The summed E-state index contributed by atoms with van der Waals surface area (Å²) < 4.78 is 19.0. The summed E-state index contributed by atoms with van der Waals surface area (Å²) in [4.78, 5) is 17.1. The van der Waals surface area contributed by atoms with Gasteiger partial charge in [0.2, 0.25) is 0 Å². The van der Waals surface area contributed by atoms with E-state index < -0.39 is 0 Å². The minimum absolute atomic E-state index is 0.0127. The summed E-state index contributed by atoms with van der Waals surface area (Å²) in [5, 5.41) is 0. The first-order chi connectivity index (χ1) is 14.7. The lowest BCUT2D eigenvalue weighted by Crippen LogP contribution is -2.58. The Morgan fingerprint density at radius 3 is 2.29 bits per heavy atom. The predicted octanol–water partition coefficient (Wildman–Crippen LogP) is 5.01. The molecule has 0 spiro atoms. The van der Waals surface area contributed by atoms with Crippen molar-refractivity contribution in [1.29, 1.82) is 0 Å². The number of carbonyl (C=O) groups is 1. The number of benzene rings is 2. The summed E-state index contributed by atoms with van der Waals surface area (Å²) >= 11 is 0. The Balaban J connectivity index is 1.53. The van der Waals surface area contributed by atoms with Crippen molar-refractivity contribution >= 4 is 5.91 Å². The van der Waals surface area contributed by atoms with Gasteiger partial charge in [-0.05, 0) is 61.1 Å². The van der Waals surface area contributed by atoms with Crippen LogP contribution in [0.1, 0.15) is 52.2 Å². The molecule has 2 unspecified atom stereocenters. The molecule has 1 fully saturated rings. The molecule has 0 saturated carbocycles. The van der Waals surface area contributed by atoms with Crippen LogP contribution in [0, 0.1) is 5.82 Å². The highest BCUT2D eigenvalue weighted by atomic mass is 19.1. The quantitative estimate of drug-likeness (QED) is 0.624. The number of nitrogens with zero attached hydrogens (tertiary/aromatic N) is 2. The van der Waals surface area contributed by atoms with Gasteiger partial charge >= 0.3 is 0 Å². The van der Waals surface area contributed by atoms with Gasteiger partial charge in [-0.3, -0.25) is 9.69 Å². The molecule has 1 amide bonds. The molecule has 1 aliphatic rings. The summed E-state index contributed by atoms with van der Waals surface area (Å²) in [6, 6.07) is 15.0. The molecule has 1 aliphatic heterocycles. The van der Waals surface area contributed by atoms with E-state index in [0.29, 0.717) is 6.54 Å². The fourth-order valence-corrected chi connectivity index (χ4v) is 4.02. The largest absolute Gasteiger partial charge is 0.484 e. The van der Waals surface area contributed by atoms with E-state index in [1.54, 1.807) is 0 Å². The van der Waals surface area contributed by atoms with Crippen LogP contribution in [0.25, 0.3) is 0 Å². The van der Waals surface area contributed by atoms with Crippen LogP contribution < -0.4 is 4.74 Å². The van der Waals surface area contributed by atoms with Gasteiger partial charge in [0.25, 0.3) is 5.91 Å². The number of rotatable bonds is 7. The van der Waals surface area contributed by atoms with Crippen molar-refractivity contribution in [1.82, 2.24) is 9.80 Å². The third-order valence-corrected chi connectivity index (χ3v) is 6.62. The van der Waals surface area contributed by atoms with Crippen LogP contribution in [0.3, 0.4) is 0 Å². The van der Waals surface area contributed by atoms with Crippen LogP contribution in [-0.2, 0) is 16.8 Å². The van der Waals surface area contributed by atoms with Crippen LogP contribution >= 0.6 is 0 Å². The molecule has 2 atom stereocenters. The number of amides is 1. The van der Waals surface area contributed by atoms with Gasteiger partial charge < -0.3 is 9.64 Å². The minimum Gasteiger partial charge on any atom is -0.484 e. The van der Waals surface area contributed by atoms with Gasteiger partial charge in [0.1, 0.15) is 11.6 Å². The van der Waals surface area contributed by atoms with Gasteiger partial charge in [-0.1, -0.05) is 45.0 Å². The fraction of sp³-hybridized carbons (Fsp3) is 0.500. The highest BCUT2D eigenvalue weighted by molar-refractivity contribution is 5.78. The second kappa shape index (κ2) is 9.82.